The van der Waals surface area contributed by atoms with E-state index in [-0.39, 0.29) is 0 Å². The highest BCUT2D eigenvalue weighted by molar-refractivity contribution is 6.77. The maximum Gasteiger partial charge on any atom is 0.568 e. The van der Waals surface area contributed by atoms with Crippen molar-refractivity contribution < 1.29 is 19.7 Å². The monoisotopic (exact) mass is 197 g/mol. The van der Waals surface area contributed by atoms with Crippen LogP contribution >= 0.6 is 0 Å². The van der Waals surface area contributed by atoms with Crippen LogP contribution in [0.25, 0.3) is 0 Å². The van der Waals surface area contributed by atoms with Crippen molar-refractivity contribution >= 4 is 24.3 Å². The van der Waals surface area contributed by atoms with Crippen LogP contribution in [-0.4, -0.2) is 39.4 Å². The highest BCUT2D eigenvalue weighted by Crippen LogP contribution is 2.26. The second-order valence-corrected chi connectivity index (χ2v) is 4.73. The zero-order chi connectivity index (χ0) is 10.0. The highest BCUT2D eigenvalue weighted by atomic mass is 28.2. The summed E-state index contributed by atoms with van der Waals surface area (Å²) in [4.78, 5) is 0. The lowest BCUT2D eigenvalue weighted by molar-refractivity contribution is 0.390. The Morgan fingerprint density at radius 1 is 1.31 bits per heavy atom. The molecule has 0 aromatic rings. The van der Waals surface area contributed by atoms with Crippen molar-refractivity contribution in [3.05, 3.63) is 21.6 Å². The van der Waals surface area contributed by atoms with Gasteiger partial charge in [-0.15, -0.1) is 0 Å². The van der Waals surface area contributed by atoms with Crippen LogP contribution in [0.5, 0.6) is 0 Å². The molecule has 0 saturated carbocycles. The van der Waals surface area contributed by atoms with Crippen LogP contribution in [0, 0.1) is 0 Å². The average molecular weight is 197 g/mol. The molecule has 0 aromatic carbocycles. The largest absolute Gasteiger partial charge is 0.568 e. The van der Waals surface area contributed by atoms with Crippen LogP contribution in [0.3, 0.4) is 0 Å². The van der Waals surface area contributed by atoms with Gasteiger partial charge in [-0.3, -0.25) is 0 Å². The van der Waals surface area contributed by atoms with Gasteiger partial charge in [-0.2, -0.15) is 0 Å². The summed E-state index contributed by atoms with van der Waals surface area (Å²) in [5.74, 6) is 0. The molecule has 0 unspecified atom stereocenters. The molecule has 0 aromatic heterocycles. The second-order valence-electron chi connectivity index (χ2n) is 2.97. The summed E-state index contributed by atoms with van der Waals surface area (Å²) in [6.45, 7) is 3.67. The van der Waals surface area contributed by atoms with E-state index in [1.807, 2.05) is 13.8 Å². The number of hydrogen-bond donors (Lipinski definition) is 3. The lowest BCUT2D eigenvalue weighted by Crippen LogP contribution is -2.21. The molecule has 0 atom stereocenters. The summed E-state index contributed by atoms with van der Waals surface area (Å²) in [7, 11) is -1.69. The lowest BCUT2D eigenvalue weighted by Gasteiger charge is -2.04. The molecular formula is C6H11B2O4Si. The number of hydrogen-bond acceptors (Lipinski definition) is 4. The molecule has 0 saturated heterocycles. The van der Waals surface area contributed by atoms with Gasteiger partial charge in [0, 0.05) is 0 Å². The predicted octanol–water partition coefficient (Wildman–Crippen LogP) is -1.77. The Morgan fingerprint density at radius 2 is 1.92 bits per heavy atom. The van der Waals surface area contributed by atoms with E-state index in [4.69, 9.17) is 19.7 Å². The third kappa shape index (κ3) is 2.05. The molecule has 4 nitrogen and oxygen atoms in total. The van der Waals surface area contributed by atoms with Crippen LogP contribution in [0.4, 0.5) is 0 Å². The second kappa shape index (κ2) is 4.14. The molecule has 1 heterocycles. The number of allylic oxidation sites excluding steroid dienone is 2. The molecule has 1 aliphatic rings. The first kappa shape index (κ1) is 10.6. The van der Waals surface area contributed by atoms with Crippen molar-refractivity contribution in [3.63, 3.8) is 0 Å². The van der Waals surface area contributed by atoms with E-state index in [9.17, 15) is 0 Å². The average Bonchev–Trinajstić information content (AvgIpc) is 2.33. The molecular weight excluding hydrogens is 186 g/mol. The Hall–Kier alpha value is -0.493. The Balaban J connectivity index is 2.81. The van der Waals surface area contributed by atoms with Crippen LogP contribution in [0.2, 0.25) is 0 Å². The fourth-order valence-electron chi connectivity index (χ4n) is 1.37. The summed E-state index contributed by atoms with van der Waals surface area (Å²) in [5, 5.41) is 27.8. The third-order valence-electron chi connectivity index (χ3n) is 2.32. The topological polar surface area (TPSA) is 69.9 Å². The highest BCUT2D eigenvalue weighted by Gasteiger charge is 2.27. The molecule has 0 amide bonds. The van der Waals surface area contributed by atoms with Crippen LogP contribution in [0.15, 0.2) is 21.6 Å². The normalized spacial score (nSPS) is 18.5. The van der Waals surface area contributed by atoms with Crippen LogP contribution in [0.1, 0.15) is 13.8 Å². The van der Waals surface area contributed by atoms with E-state index in [0.717, 1.165) is 11.1 Å². The minimum absolute atomic E-state index is 0.631. The summed E-state index contributed by atoms with van der Waals surface area (Å²) in [5.41, 5.74) is 1.78. The van der Waals surface area contributed by atoms with Crippen molar-refractivity contribution in [3.8, 4) is 0 Å². The van der Waals surface area contributed by atoms with E-state index in [0.29, 0.717) is 18.2 Å². The molecule has 7 heteroatoms. The molecule has 0 aliphatic carbocycles. The third-order valence-corrected chi connectivity index (χ3v) is 4.61. The van der Waals surface area contributed by atoms with Crippen LogP contribution < -0.4 is 0 Å². The Labute approximate surface area is 80.2 Å². The van der Waals surface area contributed by atoms with Crippen molar-refractivity contribution in [2.45, 2.75) is 13.8 Å². The Bertz CT molecular complexity index is 274. The smallest absolute Gasteiger partial charge is 0.545 e. The van der Waals surface area contributed by atoms with Gasteiger partial charge in [0.05, 0.1) is 5.38 Å². The van der Waals surface area contributed by atoms with Crippen molar-refractivity contribution in [1.29, 1.82) is 0 Å². The van der Waals surface area contributed by atoms with Gasteiger partial charge < -0.3 is 19.7 Å². The summed E-state index contributed by atoms with van der Waals surface area (Å²) >= 11 is 0. The molecule has 0 bridgehead atoms. The zero-order valence-electron chi connectivity index (χ0n) is 7.61. The first-order valence-electron chi connectivity index (χ1n) is 3.96. The van der Waals surface area contributed by atoms with Crippen molar-refractivity contribution in [1.82, 2.24) is 0 Å². The van der Waals surface area contributed by atoms with E-state index in [1.165, 1.54) is 0 Å². The SMILES string of the molecule is CC1=C(O[B]O)[SiH2]C(B(O)O)=C1C. The van der Waals surface area contributed by atoms with Crippen molar-refractivity contribution in [2.24, 2.45) is 0 Å². The fourth-order valence-corrected chi connectivity index (χ4v) is 3.11. The van der Waals surface area contributed by atoms with Gasteiger partial charge in [0.2, 0.25) is 0 Å². The summed E-state index contributed by atoms with van der Waals surface area (Å²) in [6, 6.07) is 0. The minimum atomic E-state index is -1.39. The van der Waals surface area contributed by atoms with Gasteiger partial charge >= 0.3 is 14.8 Å². The summed E-state index contributed by atoms with van der Waals surface area (Å²) in [6.07, 6.45) is 0. The van der Waals surface area contributed by atoms with E-state index in [2.05, 4.69) is 0 Å². The van der Waals surface area contributed by atoms with Gasteiger partial charge in [-0.1, -0.05) is 5.57 Å². The fraction of sp³-hybridized carbons (Fsp3) is 0.333. The van der Waals surface area contributed by atoms with E-state index < -0.39 is 16.6 Å². The first-order valence-corrected chi connectivity index (χ1v) is 5.37. The van der Waals surface area contributed by atoms with Gasteiger partial charge in [-0.05, 0) is 24.5 Å². The van der Waals surface area contributed by atoms with Gasteiger partial charge in [0.15, 0.2) is 0 Å². The quantitative estimate of drug-likeness (QED) is 0.468. The molecule has 69 valence electrons. The standard InChI is InChI=1S/C6H11B2O4Si/c1-3-4(2)6(12-7-9)13-5(3)8(10)11/h9-11H,13H2,1-2H3. The molecule has 13 heavy (non-hydrogen) atoms. The van der Waals surface area contributed by atoms with Gasteiger partial charge in [-0.25, -0.2) is 0 Å². The Kier molecular flexibility index (Phi) is 3.38. The van der Waals surface area contributed by atoms with Gasteiger partial charge in [0.1, 0.15) is 9.52 Å². The molecule has 0 fully saturated rings. The summed E-state index contributed by atoms with van der Waals surface area (Å²) < 4.78 is 4.87. The molecule has 1 radical (unpaired) electrons. The van der Waals surface area contributed by atoms with E-state index >= 15 is 0 Å². The minimum Gasteiger partial charge on any atom is -0.545 e. The van der Waals surface area contributed by atoms with E-state index in [1.54, 1.807) is 0 Å². The van der Waals surface area contributed by atoms with Gasteiger partial charge in [0.25, 0.3) is 0 Å². The molecule has 3 N–H and O–H groups in total. The molecule has 1 aliphatic heterocycles. The Morgan fingerprint density at radius 3 is 2.31 bits per heavy atom. The van der Waals surface area contributed by atoms with Crippen LogP contribution in [-0.2, 0) is 4.65 Å². The first-order chi connectivity index (χ1) is 6.07. The lowest BCUT2D eigenvalue weighted by atomic mass is 9.86. The number of rotatable bonds is 3. The molecule has 0 spiro atoms. The maximum absolute atomic E-state index is 9.00. The zero-order valence-corrected chi connectivity index (χ0v) is 9.03. The van der Waals surface area contributed by atoms with Crippen molar-refractivity contribution in [2.75, 3.05) is 0 Å². The maximum atomic E-state index is 9.00. The molecule has 1 rings (SSSR count). The predicted molar refractivity (Wildman–Crippen MR) is 53.2 cm³/mol.